The lowest BCUT2D eigenvalue weighted by atomic mass is 9.78. The lowest BCUT2D eigenvalue weighted by Crippen LogP contribution is -2.54. The Morgan fingerprint density at radius 1 is 1.56 bits per heavy atom. The van der Waals surface area contributed by atoms with Gasteiger partial charge in [-0.3, -0.25) is 4.79 Å². The molecule has 85 valence electrons. The highest BCUT2D eigenvalue weighted by atomic mass is 16.6. The SMILES string of the molecule is CC(C)OC(=O)C1(c2c[c]ccc2)COC1. The van der Waals surface area contributed by atoms with Gasteiger partial charge < -0.3 is 9.47 Å². The first kappa shape index (κ1) is 11.1. The molecule has 1 aliphatic rings. The molecule has 0 saturated carbocycles. The van der Waals surface area contributed by atoms with Crippen LogP contribution in [0.25, 0.3) is 0 Å². The van der Waals surface area contributed by atoms with Crippen LogP contribution in [0, 0.1) is 6.07 Å². The largest absolute Gasteiger partial charge is 0.462 e. The van der Waals surface area contributed by atoms with Crippen LogP contribution in [-0.2, 0) is 19.7 Å². The van der Waals surface area contributed by atoms with E-state index in [4.69, 9.17) is 9.47 Å². The van der Waals surface area contributed by atoms with E-state index in [9.17, 15) is 4.79 Å². The minimum atomic E-state index is -0.609. The van der Waals surface area contributed by atoms with Crippen molar-refractivity contribution in [2.75, 3.05) is 13.2 Å². The smallest absolute Gasteiger partial charge is 0.321 e. The third-order valence-corrected chi connectivity index (χ3v) is 2.69. The van der Waals surface area contributed by atoms with Crippen LogP contribution in [0.5, 0.6) is 0 Å². The molecule has 1 aliphatic heterocycles. The average molecular weight is 219 g/mol. The van der Waals surface area contributed by atoms with Gasteiger partial charge in [0.15, 0.2) is 0 Å². The molecule has 1 fully saturated rings. The van der Waals surface area contributed by atoms with Crippen molar-refractivity contribution >= 4 is 5.97 Å². The molecule has 2 rings (SSSR count). The fourth-order valence-electron chi connectivity index (χ4n) is 1.73. The number of esters is 1. The predicted molar refractivity (Wildman–Crippen MR) is 59.0 cm³/mol. The average Bonchev–Trinajstić information content (AvgIpc) is 2.16. The summed E-state index contributed by atoms with van der Waals surface area (Å²) in [6.07, 6.45) is -0.0994. The van der Waals surface area contributed by atoms with Gasteiger partial charge in [0.2, 0.25) is 0 Å². The summed E-state index contributed by atoms with van der Waals surface area (Å²) in [6, 6.07) is 10.4. The number of hydrogen-bond donors (Lipinski definition) is 0. The Morgan fingerprint density at radius 3 is 2.75 bits per heavy atom. The van der Waals surface area contributed by atoms with Gasteiger partial charge in [-0.05, 0) is 31.5 Å². The van der Waals surface area contributed by atoms with Crippen molar-refractivity contribution in [2.24, 2.45) is 0 Å². The quantitative estimate of drug-likeness (QED) is 0.726. The molecule has 1 aromatic carbocycles. The molecule has 3 heteroatoms. The van der Waals surface area contributed by atoms with E-state index >= 15 is 0 Å². The van der Waals surface area contributed by atoms with Crippen LogP contribution >= 0.6 is 0 Å². The van der Waals surface area contributed by atoms with Crippen LogP contribution in [0.15, 0.2) is 24.3 Å². The molecule has 0 aliphatic carbocycles. The molecule has 0 aromatic heterocycles. The molecular formula is C13H15O3. The van der Waals surface area contributed by atoms with Gasteiger partial charge in [-0.2, -0.15) is 0 Å². The Balaban J connectivity index is 2.23. The monoisotopic (exact) mass is 219 g/mol. The number of benzene rings is 1. The first-order chi connectivity index (χ1) is 7.65. The number of carbonyl (C=O) groups is 1. The molecule has 0 atom stereocenters. The summed E-state index contributed by atoms with van der Waals surface area (Å²) in [5, 5.41) is 0. The van der Waals surface area contributed by atoms with Gasteiger partial charge in [0, 0.05) is 0 Å². The van der Waals surface area contributed by atoms with Crippen LogP contribution in [0.3, 0.4) is 0 Å². The third kappa shape index (κ3) is 1.83. The summed E-state index contributed by atoms with van der Waals surface area (Å²) in [4.78, 5) is 12.0. The second-order valence-electron chi connectivity index (χ2n) is 4.32. The summed E-state index contributed by atoms with van der Waals surface area (Å²) in [6.45, 7) is 4.50. The Kier molecular flexibility index (Phi) is 2.97. The van der Waals surface area contributed by atoms with Crippen molar-refractivity contribution in [2.45, 2.75) is 25.4 Å². The summed E-state index contributed by atoms with van der Waals surface area (Å²) < 4.78 is 10.5. The summed E-state index contributed by atoms with van der Waals surface area (Å²) in [5.41, 5.74) is 0.314. The molecule has 1 saturated heterocycles. The molecule has 1 heterocycles. The van der Waals surface area contributed by atoms with Crippen molar-refractivity contribution in [1.29, 1.82) is 0 Å². The topological polar surface area (TPSA) is 35.5 Å². The molecule has 0 unspecified atom stereocenters. The maximum Gasteiger partial charge on any atom is 0.321 e. The van der Waals surface area contributed by atoms with Gasteiger partial charge in [-0.25, -0.2) is 0 Å². The zero-order valence-electron chi connectivity index (χ0n) is 9.53. The lowest BCUT2D eigenvalue weighted by molar-refractivity contribution is -0.173. The Labute approximate surface area is 95.4 Å². The fourth-order valence-corrected chi connectivity index (χ4v) is 1.73. The van der Waals surface area contributed by atoms with Gasteiger partial charge in [-0.1, -0.05) is 18.2 Å². The molecule has 3 nitrogen and oxygen atoms in total. The van der Waals surface area contributed by atoms with Crippen molar-refractivity contribution in [3.05, 3.63) is 35.9 Å². The van der Waals surface area contributed by atoms with Gasteiger partial charge in [0.05, 0.1) is 19.3 Å². The molecule has 0 spiro atoms. The van der Waals surface area contributed by atoms with Gasteiger partial charge in [0.25, 0.3) is 0 Å². The van der Waals surface area contributed by atoms with Crippen LogP contribution in [-0.4, -0.2) is 25.3 Å². The normalized spacial score (nSPS) is 17.9. The maximum absolute atomic E-state index is 12.0. The first-order valence-corrected chi connectivity index (χ1v) is 5.40. The zero-order valence-corrected chi connectivity index (χ0v) is 9.53. The van der Waals surface area contributed by atoms with E-state index in [0.717, 1.165) is 5.56 Å². The fraction of sp³-hybridized carbons (Fsp3) is 0.462. The number of rotatable bonds is 3. The molecule has 0 bridgehead atoms. The molecule has 0 amide bonds. The van der Waals surface area contributed by atoms with Crippen molar-refractivity contribution in [3.8, 4) is 0 Å². The molecular weight excluding hydrogens is 204 g/mol. The molecule has 1 radical (unpaired) electrons. The Bertz CT molecular complexity index is 366. The van der Waals surface area contributed by atoms with Crippen molar-refractivity contribution in [1.82, 2.24) is 0 Å². The van der Waals surface area contributed by atoms with E-state index in [1.165, 1.54) is 0 Å². The predicted octanol–water partition coefficient (Wildman–Crippen LogP) is 1.71. The standard InChI is InChI=1S/C13H15O3/c1-10(2)16-12(14)13(8-15-9-13)11-6-4-3-5-7-11/h3-4,6-7,10H,8-9H2,1-2H3. The first-order valence-electron chi connectivity index (χ1n) is 5.40. The second kappa shape index (κ2) is 4.26. The van der Waals surface area contributed by atoms with E-state index in [1.54, 1.807) is 0 Å². The summed E-state index contributed by atoms with van der Waals surface area (Å²) in [7, 11) is 0. The molecule has 16 heavy (non-hydrogen) atoms. The maximum atomic E-state index is 12.0. The minimum Gasteiger partial charge on any atom is -0.462 e. The van der Waals surface area contributed by atoms with Crippen LogP contribution in [0.2, 0.25) is 0 Å². The number of ether oxygens (including phenoxy) is 2. The van der Waals surface area contributed by atoms with Gasteiger partial charge in [0.1, 0.15) is 5.41 Å². The van der Waals surface area contributed by atoms with Crippen LogP contribution in [0.4, 0.5) is 0 Å². The second-order valence-corrected chi connectivity index (χ2v) is 4.32. The van der Waals surface area contributed by atoms with Crippen LogP contribution < -0.4 is 0 Å². The summed E-state index contributed by atoms with van der Waals surface area (Å²) in [5.74, 6) is -0.201. The number of carbonyl (C=O) groups excluding carboxylic acids is 1. The molecule has 1 aromatic rings. The Morgan fingerprint density at radius 2 is 2.31 bits per heavy atom. The highest BCUT2D eigenvalue weighted by Crippen LogP contribution is 2.33. The third-order valence-electron chi connectivity index (χ3n) is 2.69. The van der Waals surface area contributed by atoms with E-state index in [0.29, 0.717) is 13.2 Å². The van der Waals surface area contributed by atoms with E-state index in [2.05, 4.69) is 6.07 Å². The van der Waals surface area contributed by atoms with E-state index < -0.39 is 5.41 Å². The lowest BCUT2D eigenvalue weighted by Gasteiger charge is -2.39. The zero-order chi connectivity index (χ0) is 11.6. The van der Waals surface area contributed by atoms with E-state index in [1.807, 2.05) is 38.1 Å². The van der Waals surface area contributed by atoms with Crippen LogP contribution in [0.1, 0.15) is 19.4 Å². The highest BCUT2D eigenvalue weighted by molar-refractivity contribution is 5.84. The summed E-state index contributed by atoms with van der Waals surface area (Å²) >= 11 is 0. The van der Waals surface area contributed by atoms with Gasteiger partial charge in [-0.15, -0.1) is 0 Å². The molecule has 0 N–H and O–H groups in total. The van der Waals surface area contributed by atoms with Crippen molar-refractivity contribution < 1.29 is 14.3 Å². The minimum absolute atomic E-state index is 0.0994. The van der Waals surface area contributed by atoms with E-state index in [-0.39, 0.29) is 12.1 Å². The number of hydrogen-bond acceptors (Lipinski definition) is 3. The Hall–Kier alpha value is -1.35. The van der Waals surface area contributed by atoms with Crippen molar-refractivity contribution in [3.63, 3.8) is 0 Å². The van der Waals surface area contributed by atoms with Gasteiger partial charge >= 0.3 is 5.97 Å². The highest BCUT2D eigenvalue weighted by Gasteiger charge is 2.49.